The molecule has 3 amide bonds. The Bertz CT molecular complexity index is 1280. The van der Waals surface area contributed by atoms with Crippen molar-refractivity contribution in [2.24, 2.45) is 0 Å². The fourth-order valence-electron chi connectivity index (χ4n) is 4.85. The number of nitrogens with zero attached hydrogens (tertiary/aromatic N) is 3. The van der Waals surface area contributed by atoms with Crippen molar-refractivity contribution in [2.45, 2.75) is 25.9 Å². The van der Waals surface area contributed by atoms with Gasteiger partial charge in [-0.1, -0.05) is 53.0 Å². The maximum absolute atomic E-state index is 13.2. The van der Waals surface area contributed by atoms with E-state index in [1.165, 1.54) is 4.90 Å². The van der Waals surface area contributed by atoms with Crippen molar-refractivity contribution in [3.05, 3.63) is 79.9 Å². The summed E-state index contributed by atoms with van der Waals surface area (Å²) in [6, 6.07) is 10.6. The second-order valence-electron chi connectivity index (χ2n) is 9.25. The first-order valence-corrected chi connectivity index (χ1v) is 13.4. The van der Waals surface area contributed by atoms with Crippen LogP contribution in [0, 0.1) is 0 Å². The average molecular weight is 580 g/mol. The summed E-state index contributed by atoms with van der Waals surface area (Å²) in [5.41, 5.74) is 1.83. The number of halogens is 3. The first-order valence-electron chi connectivity index (χ1n) is 12.3. The lowest BCUT2D eigenvalue weighted by Crippen LogP contribution is -2.56. The van der Waals surface area contributed by atoms with E-state index in [4.69, 9.17) is 39.5 Å². The third-order valence-electron chi connectivity index (χ3n) is 6.80. The van der Waals surface area contributed by atoms with Gasteiger partial charge in [-0.15, -0.1) is 0 Å². The quantitative estimate of drug-likeness (QED) is 0.487. The van der Waals surface area contributed by atoms with Crippen molar-refractivity contribution < 1.29 is 19.1 Å². The fraction of sp³-hybridized carbons (Fsp3) is 0.370. The molecule has 0 bridgehead atoms. The Hall–Kier alpha value is -2.78. The van der Waals surface area contributed by atoms with Crippen LogP contribution in [-0.2, 0) is 9.53 Å². The van der Waals surface area contributed by atoms with E-state index in [2.05, 4.69) is 10.2 Å². The third kappa shape index (κ3) is 5.78. The Kier molecular flexibility index (Phi) is 8.88. The Morgan fingerprint density at radius 2 is 1.82 bits per heavy atom. The van der Waals surface area contributed by atoms with Crippen molar-refractivity contribution in [3.8, 4) is 0 Å². The lowest BCUT2D eigenvalue weighted by Gasteiger charge is -2.42. The van der Waals surface area contributed by atoms with E-state index in [0.29, 0.717) is 63.6 Å². The highest BCUT2D eigenvalue weighted by molar-refractivity contribution is 6.35. The normalized spacial score (nSPS) is 20.4. The Labute approximate surface area is 237 Å². The fourth-order valence-corrected chi connectivity index (χ4v) is 5.58. The summed E-state index contributed by atoms with van der Waals surface area (Å²) in [7, 11) is 1.62. The summed E-state index contributed by atoms with van der Waals surface area (Å²) < 4.78 is 5.40. The number of piperazine rings is 1. The molecule has 0 aliphatic carbocycles. The minimum atomic E-state index is -0.807. The predicted octanol–water partition coefficient (Wildman–Crippen LogP) is 5.01. The highest BCUT2D eigenvalue weighted by Crippen LogP contribution is 2.36. The van der Waals surface area contributed by atoms with Crippen LogP contribution in [0.5, 0.6) is 0 Å². The zero-order chi connectivity index (χ0) is 27.6. The molecule has 0 spiro atoms. The number of rotatable bonds is 6. The summed E-state index contributed by atoms with van der Waals surface area (Å²) in [6.45, 7) is 5.72. The second kappa shape index (κ2) is 11.9. The monoisotopic (exact) mass is 578 g/mol. The summed E-state index contributed by atoms with van der Waals surface area (Å²) >= 11 is 18.8. The molecule has 2 aliphatic heterocycles. The Morgan fingerprint density at radius 3 is 2.47 bits per heavy atom. The molecule has 1 fully saturated rings. The summed E-state index contributed by atoms with van der Waals surface area (Å²) in [5.74, 6) is -0.660. The largest absolute Gasteiger partial charge is 0.463 e. The molecule has 202 valence electrons. The molecule has 0 aromatic heterocycles. The van der Waals surface area contributed by atoms with E-state index in [1.807, 2.05) is 6.92 Å². The molecule has 2 unspecified atom stereocenters. The molecule has 0 radical (unpaired) electrons. The van der Waals surface area contributed by atoms with Crippen LogP contribution in [0.4, 0.5) is 4.79 Å². The SMILES string of the molecule is CCOC(=O)C1=C(CN2CCN(C(=O)c3ccccc3Cl)C(C)C2)N(C)C(=O)NC1c1ccc(Cl)cc1Cl. The molecule has 2 atom stereocenters. The Morgan fingerprint density at radius 1 is 1.08 bits per heavy atom. The minimum absolute atomic E-state index is 0.122. The summed E-state index contributed by atoms with van der Waals surface area (Å²) in [6.07, 6.45) is 0. The lowest BCUT2D eigenvalue weighted by atomic mass is 9.94. The first-order chi connectivity index (χ1) is 18.1. The molecule has 2 aromatic carbocycles. The molecule has 2 heterocycles. The van der Waals surface area contributed by atoms with E-state index in [9.17, 15) is 14.4 Å². The van der Waals surface area contributed by atoms with Gasteiger partial charge in [-0.05, 0) is 43.7 Å². The van der Waals surface area contributed by atoms with Crippen molar-refractivity contribution in [1.82, 2.24) is 20.0 Å². The molecule has 4 rings (SSSR count). The van der Waals surface area contributed by atoms with Crippen LogP contribution >= 0.6 is 34.8 Å². The van der Waals surface area contributed by atoms with Gasteiger partial charge in [0.05, 0.1) is 28.8 Å². The smallest absolute Gasteiger partial charge is 0.338 e. The van der Waals surface area contributed by atoms with Crippen molar-refractivity contribution in [3.63, 3.8) is 0 Å². The molecule has 11 heteroatoms. The summed E-state index contributed by atoms with van der Waals surface area (Å²) in [4.78, 5) is 44.8. The van der Waals surface area contributed by atoms with Gasteiger partial charge >= 0.3 is 12.0 Å². The Balaban J connectivity index is 1.63. The van der Waals surface area contributed by atoms with E-state index in [-0.39, 0.29) is 24.6 Å². The number of nitrogens with one attached hydrogen (secondary N) is 1. The molecule has 8 nitrogen and oxygen atoms in total. The number of urea groups is 1. The highest BCUT2D eigenvalue weighted by atomic mass is 35.5. The van der Waals surface area contributed by atoms with Crippen LogP contribution in [0.25, 0.3) is 0 Å². The molecule has 0 saturated carbocycles. The van der Waals surface area contributed by atoms with E-state index < -0.39 is 12.0 Å². The number of esters is 1. The molecular formula is C27H29Cl3N4O4. The second-order valence-corrected chi connectivity index (χ2v) is 10.5. The van der Waals surface area contributed by atoms with E-state index in [0.717, 1.165) is 0 Å². The van der Waals surface area contributed by atoms with Crippen LogP contribution < -0.4 is 5.32 Å². The number of likely N-dealkylation sites (N-methyl/N-ethyl adjacent to an activating group) is 1. The lowest BCUT2D eigenvalue weighted by molar-refractivity contribution is -0.139. The van der Waals surface area contributed by atoms with Gasteiger partial charge in [-0.3, -0.25) is 14.6 Å². The van der Waals surface area contributed by atoms with Gasteiger partial charge in [-0.25, -0.2) is 9.59 Å². The van der Waals surface area contributed by atoms with E-state index >= 15 is 0 Å². The van der Waals surface area contributed by atoms with Gasteiger partial charge < -0.3 is 15.0 Å². The minimum Gasteiger partial charge on any atom is -0.463 e. The molecule has 1 N–H and O–H groups in total. The number of benzene rings is 2. The van der Waals surface area contributed by atoms with Gasteiger partial charge in [0.25, 0.3) is 5.91 Å². The van der Waals surface area contributed by atoms with Gasteiger partial charge in [0.2, 0.25) is 0 Å². The maximum atomic E-state index is 13.2. The average Bonchev–Trinajstić information content (AvgIpc) is 2.87. The van der Waals surface area contributed by atoms with Crippen LogP contribution in [-0.4, -0.2) is 78.5 Å². The number of carbonyl (C=O) groups excluding carboxylic acids is 3. The van der Waals surface area contributed by atoms with Gasteiger partial charge in [0, 0.05) is 55.0 Å². The van der Waals surface area contributed by atoms with Crippen molar-refractivity contribution in [1.29, 1.82) is 0 Å². The zero-order valence-corrected chi connectivity index (χ0v) is 23.6. The van der Waals surface area contributed by atoms with Crippen LogP contribution in [0.15, 0.2) is 53.7 Å². The van der Waals surface area contributed by atoms with Crippen LogP contribution in [0.1, 0.15) is 35.8 Å². The molecule has 1 saturated heterocycles. The molecule has 2 aliphatic rings. The van der Waals surface area contributed by atoms with Crippen molar-refractivity contribution >= 4 is 52.7 Å². The van der Waals surface area contributed by atoms with Gasteiger partial charge in [0.15, 0.2) is 0 Å². The topological polar surface area (TPSA) is 82.2 Å². The van der Waals surface area contributed by atoms with Crippen LogP contribution in [0.3, 0.4) is 0 Å². The molecule has 2 aromatic rings. The number of carbonyl (C=O) groups is 3. The number of hydrogen-bond acceptors (Lipinski definition) is 5. The number of amides is 3. The van der Waals surface area contributed by atoms with Crippen LogP contribution in [0.2, 0.25) is 15.1 Å². The molecular weight excluding hydrogens is 551 g/mol. The molecule has 38 heavy (non-hydrogen) atoms. The predicted molar refractivity (Wildman–Crippen MR) is 148 cm³/mol. The summed E-state index contributed by atoms with van der Waals surface area (Å²) in [5, 5.41) is 4.06. The third-order valence-corrected chi connectivity index (χ3v) is 7.69. The van der Waals surface area contributed by atoms with Crippen molar-refractivity contribution in [2.75, 3.05) is 39.8 Å². The van der Waals surface area contributed by atoms with E-state index in [1.54, 1.807) is 61.3 Å². The standard InChI is InChI=1S/C27H29Cl3N4O4/c1-4-38-26(36)23-22(32(3)27(37)31-24(23)18-10-9-17(28)13-21(18)30)15-33-11-12-34(16(2)14-33)25(35)19-7-5-6-8-20(19)29/h5-10,13,16,24H,4,11-12,14-15H2,1-3H3,(H,31,37). The highest BCUT2D eigenvalue weighted by Gasteiger charge is 2.39. The maximum Gasteiger partial charge on any atom is 0.338 e. The number of hydrogen-bond donors (Lipinski definition) is 1. The van der Waals surface area contributed by atoms with Gasteiger partial charge in [0.1, 0.15) is 0 Å². The zero-order valence-electron chi connectivity index (χ0n) is 21.3. The van der Waals surface area contributed by atoms with Gasteiger partial charge in [-0.2, -0.15) is 0 Å². The first kappa shape index (κ1) is 28.2. The number of ether oxygens (including phenoxy) is 1.